The molecule has 0 spiro atoms. The predicted octanol–water partition coefficient (Wildman–Crippen LogP) is 5.05. The van der Waals surface area contributed by atoms with E-state index in [4.69, 9.17) is 4.18 Å². The highest BCUT2D eigenvalue weighted by molar-refractivity contribution is 9.10. The Morgan fingerprint density at radius 2 is 1.77 bits per heavy atom. The Balaban J connectivity index is 1.68. The van der Waals surface area contributed by atoms with Crippen molar-refractivity contribution in [3.63, 3.8) is 0 Å². The summed E-state index contributed by atoms with van der Waals surface area (Å²) in [6, 6.07) is 18.1. The van der Waals surface area contributed by atoms with Crippen LogP contribution in [0.3, 0.4) is 0 Å². The van der Waals surface area contributed by atoms with Gasteiger partial charge in [-0.15, -0.1) is 0 Å². The summed E-state index contributed by atoms with van der Waals surface area (Å²) in [6.45, 7) is 1.87. The molecule has 0 aliphatic heterocycles. The van der Waals surface area contributed by atoms with Crippen LogP contribution in [0.15, 0.2) is 85.7 Å². The van der Waals surface area contributed by atoms with Crippen molar-refractivity contribution in [1.29, 1.82) is 0 Å². The van der Waals surface area contributed by atoms with Crippen molar-refractivity contribution in [2.45, 2.75) is 11.8 Å². The van der Waals surface area contributed by atoms with Gasteiger partial charge >= 0.3 is 10.1 Å². The van der Waals surface area contributed by atoms with Crippen LogP contribution in [0.1, 0.15) is 21.5 Å². The quantitative estimate of drug-likeness (QED) is 0.264. The lowest BCUT2D eigenvalue weighted by atomic mass is 10.2. The molecule has 154 valence electrons. The fourth-order valence-corrected chi connectivity index (χ4v) is 4.33. The van der Waals surface area contributed by atoms with E-state index in [1.54, 1.807) is 42.5 Å². The number of nitrogens with zero attached hydrogens (tertiary/aromatic N) is 1. The summed E-state index contributed by atoms with van der Waals surface area (Å²) in [6.07, 6.45) is 1.44. The first-order valence-electron chi connectivity index (χ1n) is 8.64. The monoisotopic (exact) mass is 550 g/mol. The molecule has 3 aromatic rings. The third kappa shape index (κ3) is 5.78. The van der Waals surface area contributed by atoms with E-state index >= 15 is 0 Å². The zero-order chi connectivity index (χ0) is 21.7. The van der Waals surface area contributed by atoms with Crippen molar-refractivity contribution in [2.24, 2.45) is 5.10 Å². The summed E-state index contributed by atoms with van der Waals surface area (Å²) < 4.78 is 31.3. The molecular formula is C21H16Br2N2O4S. The Labute approximate surface area is 191 Å². The Morgan fingerprint density at radius 3 is 2.43 bits per heavy atom. The second-order valence-corrected chi connectivity index (χ2v) is 9.57. The van der Waals surface area contributed by atoms with E-state index in [1.165, 1.54) is 24.4 Å². The molecule has 0 saturated carbocycles. The number of carbonyl (C=O) groups excluding carboxylic acids is 1. The third-order valence-corrected chi connectivity index (χ3v) is 6.29. The number of hydrogen-bond acceptors (Lipinski definition) is 5. The smallest absolute Gasteiger partial charge is 0.339 e. The Bertz CT molecular complexity index is 1210. The van der Waals surface area contributed by atoms with Crippen molar-refractivity contribution < 1.29 is 17.4 Å². The van der Waals surface area contributed by atoms with Gasteiger partial charge < -0.3 is 4.18 Å². The first kappa shape index (κ1) is 22.2. The molecule has 0 radical (unpaired) electrons. The standard InChI is InChI=1S/C21H16Br2N2O4S/c1-14-5-8-18(9-6-14)30(27,28)29-20-10-7-15(11-19(20)23)13-24-25-21(26)16-3-2-4-17(22)12-16/h2-13H,1H3,(H,25,26)/b24-13-. The normalized spacial score (nSPS) is 11.4. The maximum atomic E-state index is 12.4. The number of hydrogen-bond donors (Lipinski definition) is 1. The van der Waals surface area contributed by atoms with Crippen LogP contribution in [0.2, 0.25) is 0 Å². The molecule has 0 aliphatic carbocycles. The summed E-state index contributed by atoms with van der Waals surface area (Å²) in [7, 11) is -3.95. The predicted molar refractivity (Wildman–Crippen MR) is 122 cm³/mol. The van der Waals surface area contributed by atoms with E-state index in [-0.39, 0.29) is 16.6 Å². The zero-order valence-electron chi connectivity index (χ0n) is 15.7. The van der Waals surface area contributed by atoms with Crippen LogP contribution in [0.4, 0.5) is 0 Å². The molecule has 3 rings (SSSR count). The molecule has 1 N–H and O–H groups in total. The van der Waals surface area contributed by atoms with E-state index in [0.717, 1.165) is 10.0 Å². The van der Waals surface area contributed by atoms with Crippen LogP contribution in [0, 0.1) is 6.92 Å². The minimum atomic E-state index is -3.95. The fraction of sp³-hybridized carbons (Fsp3) is 0.0476. The molecule has 1 amide bonds. The van der Waals surface area contributed by atoms with Gasteiger partial charge in [0, 0.05) is 10.0 Å². The lowest BCUT2D eigenvalue weighted by molar-refractivity contribution is 0.0955. The Hall–Kier alpha value is -2.49. The first-order valence-corrected chi connectivity index (χ1v) is 11.6. The second kappa shape index (κ2) is 9.55. The van der Waals surface area contributed by atoms with Gasteiger partial charge in [0.1, 0.15) is 4.90 Å². The van der Waals surface area contributed by atoms with Gasteiger partial charge in [-0.3, -0.25) is 4.79 Å². The van der Waals surface area contributed by atoms with Gasteiger partial charge in [-0.2, -0.15) is 13.5 Å². The van der Waals surface area contributed by atoms with Crippen molar-refractivity contribution in [1.82, 2.24) is 5.43 Å². The molecule has 6 nitrogen and oxygen atoms in total. The molecule has 3 aromatic carbocycles. The third-order valence-electron chi connectivity index (χ3n) is 3.93. The lowest BCUT2D eigenvalue weighted by Gasteiger charge is -2.09. The minimum absolute atomic E-state index is 0.0703. The molecular weight excluding hydrogens is 536 g/mol. The van der Waals surface area contributed by atoms with Gasteiger partial charge in [0.05, 0.1) is 10.7 Å². The highest BCUT2D eigenvalue weighted by Gasteiger charge is 2.18. The molecule has 0 unspecified atom stereocenters. The van der Waals surface area contributed by atoms with E-state index in [0.29, 0.717) is 15.6 Å². The van der Waals surface area contributed by atoms with E-state index in [1.807, 2.05) is 13.0 Å². The van der Waals surface area contributed by atoms with Crippen LogP contribution in [0.5, 0.6) is 5.75 Å². The number of amides is 1. The lowest BCUT2D eigenvalue weighted by Crippen LogP contribution is -2.17. The molecule has 0 aromatic heterocycles. The second-order valence-electron chi connectivity index (χ2n) is 6.25. The molecule has 9 heteroatoms. The number of aryl methyl sites for hydroxylation is 1. The van der Waals surface area contributed by atoms with Crippen molar-refractivity contribution in [2.75, 3.05) is 0 Å². The Kier molecular flexibility index (Phi) is 7.06. The summed E-state index contributed by atoms with van der Waals surface area (Å²) in [5.74, 6) is -0.207. The minimum Gasteiger partial charge on any atom is -0.378 e. The summed E-state index contributed by atoms with van der Waals surface area (Å²) in [5, 5.41) is 3.93. The summed E-state index contributed by atoms with van der Waals surface area (Å²) >= 11 is 6.62. The van der Waals surface area contributed by atoms with E-state index in [9.17, 15) is 13.2 Å². The van der Waals surface area contributed by atoms with Crippen LogP contribution >= 0.6 is 31.9 Å². The van der Waals surface area contributed by atoms with Gasteiger partial charge in [0.15, 0.2) is 5.75 Å². The molecule has 30 heavy (non-hydrogen) atoms. The van der Waals surface area contributed by atoms with Gasteiger partial charge in [-0.1, -0.05) is 39.7 Å². The highest BCUT2D eigenvalue weighted by atomic mass is 79.9. The fourth-order valence-electron chi connectivity index (χ4n) is 2.40. The average molecular weight is 552 g/mol. The molecule has 0 saturated heterocycles. The van der Waals surface area contributed by atoms with Gasteiger partial charge in [0.25, 0.3) is 5.91 Å². The van der Waals surface area contributed by atoms with Crippen LogP contribution in [-0.2, 0) is 10.1 Å². The van der Waals surface area contributed by atoms with Crippen LogP contribution in [-0.4, -0.2) is 20.5 Å². The van der Waals surface area contributed by atoms with Crippen molar-refractivity contribution >= 4 is 54.1 Å². The maximum absolute atomic E-state index is 12.4. The molecule has 0 fully saturated rings. The van der Waals surface area contributed by atoms with Crippen LogP contribution in [0.25, 0.3) is 0 Å². The average Bonchev–Trinajstić information content (AvgIpc) is 2.70. The van der Waals surface area contributed by atoms with E-state index < -0.39 is 10.1 Å². The summed E-state index contributed by atoms with van der Waals surface area (Å²) in [5.41, 5.74) is 4.49. The number of nitrogens with one attached hydrogen (secondary N) is 1. The SMILES string of the molecule is Cc1ccc(S(=O)(=O)Oc2ccc(/C=N\NC(=O)c3cccc(Br)c3)cc2Br)cc1. The van der Waals surface area contributed by atoms with Gasteiger partial charge in [-0.25, -0.2) is 5.43 Å². The molecule has 0 heterocycles. The van der Waals surface area contributed by atoms with Gasteiger partial charge in [-0.05, 0) is 76.9 Å². The van der Waals surface area contributed by atoms with E-state index in [2.05, 4.69) is 42.4 Å². The summed E-state index contributed by atoms with van der Waals surface area (Å²) in [4.78, 5) is 12.1. The topological polar surface area (TPSA) is 84.8 Å². The zero-order valence-corrected chi connectivity index (χ0v) is 19.7. The Morgan fingerprint density at radius 1 is 1.03 bits per heavy atom. The number of benzene rings is 3. The number of halogens is 2. The molecule has 0 bridgehead atoms. The largest absolute Gasteiger partial charge is 0.378 e. The van der Waals surface area contributed by atoms with Crippen molar-refractivity contribution in [3.05, 3.63) is 92.4 Å². The first-order chi connectivity index (χ1) is 14.2. The number of carbonyl (C=O) groups is 1. The van der Waals surface area contributed by atoms with Crippen LogP contribution < -0.4 is 9.61 Å². The molecule has 0 atom stereocenters. The number of rotatable bonds is 6. The molecule has 0 aliphatic rings. The number of hydrazone groups is 1. The maximum Gasteiger partial charge on any atom is 0.339 e. The van der Waals surface area contributed by atoms with Gasteiger partial charge in [0.2, 0.25) is 0 Å². The highest BCUT2D eigenvalue weighted by Crippen LogP contribution is 2.28. The van der Waals surface area contributed by atoms with Crippen molar-refractivity contribution in [3.8, 4) is 5.75 Å².